The van der Waals surface area contributed by atoms with Crippen molar-refractivity contribution in [2.24, 2.45) is 0 Å². The number of fused-ring (bicyclic) bond motifs is 9. The minimum absolute atomic E-state index is 0.149. The molecule has 0 N–H and O–H groups in total. The maximum atomic E-state index is 6.91. The van der Waals surface area contributed by atoms with Gasteiger partial charge in [-0.2, -0.15) is 0 Å². The van der Waals surface area contributed by atoms with Crippen LogP contribution in [0.25, 0.3) is 89.5 Å². The molecule has 12 rings (SSSR count). The Balaban J connectivity index is 0.901. The van der Waals surface area contributed by atoms with Crippen LogP contribution in [-0.2, 0) is 5.41 Å². The predicted molar refractivity (Wildman–Crippen MR) is 238 cm³/mol. The van der Waals surface area contributed by atoms with Crippen molar-refractivity contribution in [3.63, 3.8) is 0 Å². The quantitative estimate of drug-likeness (QED) is 0.173. The Morgan fingerprint density at radius 2 is 0.933 bits per heavy atom. The maximum Gasteiger partial charge on any atom is 0.178 e. The fraction of sp³-hybridized carbons (Fsp3) is 0.0556. The van der Waals surface area contributed by atoms with Gasteiger partial charge in [0.05, 0.1) is 0 Å². The topological polar surface area (TPSA) is 70.3 Å². The zero-order chi connectivity index (χ0) is 40.0. The van der Waals surface area contributed by atoms with Crippen LogP contribution in [0.15, 0.2) is 180 Å². The second-order valence-corrected chi connectivity index (χ2v) is 15.9. The molecule has 0 atom stereocenters. The van der Waals surface area contributed by atoms with Gasteiger partial charge < -0.3 is 13.9 Å². The number of nitrogens with zero attached hydrogens (tertiary/aromatic N) is 3. The molecule has 1 aliphatic carbocycles. The van der Waals surface area contributed by atoms with E-state index in [9.17, 15) is 0 Å². The first kappa shape index (κ1) is 34.2. The highest BCUT2D eigenvalue weighted by atomic mass is 16.6. The molecule has 284 valence electrons. The van der Waals surface area contributed by atoms with Crippen molar-refractivity contribution in [1.82, 2.24) is 15.0 Å². The Hall–Kier alpha value is -7.83. The van der Waals surface area contributed by atoms with E-state index in [1.54, 1.807) is 0 Å². The van der Waals surface area contributed by atoms with Crippen molar-refractivity contribution in [3.8, 4) is 90.5 Å². The van der Waals surface area contributed by atoms with Gasteiger partial charge in [-0.15, -0.1) is 0 Å². The van der Waals surface area contributed by atoms with Crippen LogP contribution < -0.4 is 9.47 Å². The van der Waals surface area contributed by atoms with E-state index in [0.29, 0.717) is 29.0 Å². The first-order valence-corrected chi connectivity index (χ1v) is 20.2. The summed E-state index contributed by atoms with van der Waals surface area (Å²) in [5.41, 5.74) is 13.1. The molecule has 10 aromatic rings. The van der Waals surface area contributed by atoms with Crippen LogP contribution in [0.3, 0.4) is 0 Å². The summed E-state index contributed by atoms with van der Waals surface area (Å²) in [6, 6.07) is 60.0. The van der Waals surface area contributed by atoms with Gasteiger partial charge in [-0.05, 0) is 46.0 Å². The van der Waals surface area contributed by atoms with Gasteiger partial charge in [0, 0.05) is 49.6 Å². The first-order valence-electron chi connectivity index (χ1n) is 20.2. The van der Waals surface area contributed by atoms with Gasteiger partial charge >= 0.3 is 0 Å². The number of aromatic nitrogens is 3. The highest BCUT2D eigenvalue weighted by Gasteiger charge is 2.39. The van der Waals surface area contributed by atoms with Crippen LogP contribution in [0.2, 0.25) is 0 Å². The van der Waals surface area contributed by atoms with E-state index in [0.717, 1.165) is 77.9 Å². The molecule has 60 heavy (non-hydrogen) atoms. The van der Waals surface area contributed by atoms with E-state index in [-0.39, 0.29) is 5.41 Å². The average molecular weight is 774 g/mol. The maximum absolute atomic E-state index is 6.91. The number of hydrogen-bond donors (Lipinski definition) is 0. The highest BCUT2D eigenvalue weighted by molar-refractivity contribution is 6.09. The summed E-state index contributed by atoms with van der Waals surface area (Å²) in [6.07, 6.45) is 0. The van der Waals surface area contributed by atoms with Crippen molar-refractivity contribution in [2.75, 3.05) is 0 Å². The third-order valence-corrected chi connectivity index (χ3v) is 12.0. The molecule has 0 unspecified atom stereocenters. The Kier molecular flexibility index (Phi) is 7.47. The lowest BCUT2D eigenvalue weighted by Crippen LogP contribution is -2.15. The molecule has 2 aliphatic rings. The van der Waals surface area contributed by atoms with Crippen molar-refractivity contribution >= 4 is 21.9 Å². The second kappa shape index (κ2) is 13.1. The Morgan fingerprint density at radius 3 is 1.68 bits per heavy atom. The summed E-state index contributed by atoms with van der Waals surface area (Å²) < 4.78 is 19.8. The minimum Gasteiger partial charge on any atom is -0.455 e. The first-order chi connectivity index (χ1) is 29.5. The number of ether oxygens (including phenoxy) is 2. The molecule has 3 heterocycles. The zero-order valence-electron chi connectivity index (χ0n) is 32.8. The average Bonchev–Trinajstić information content (AvgIpc) is 3.80. The summed E-state index contributed by atoms with van der Waals surface area (Å²) in [5.74, 6) is 4.64. The van der Waals surface area contributed by atoms with Crippen LogP contribution in [0.5, 0.6) is 23.0 Å². The highest BCUT2D eigenvalue weighted by Crippen LogP contribution is 2.59. The number of para-hydroxylation sites is 3. The molecule has 0 radical (unpaired) electrons. The molecular formula is C54H35N3O3. The monoisotopic (exact) mass is 773 g/mol. The standard InChI is InChI=1S/C54H35N3O3/c1-54(2)42-19-8-6-15-41(42)47-43(54)30-31-46-50(47)60-49-38(17-11-21-45(49)58-46)33-24-28-36(29-25-33)53-56-51(34-12-4-3-5-13-34)55-52(57-53)35-26-22-32(23-27-35)37-16-10-18-40-39-14-7-9-20-44(39)59-48(37)40/h3-31H,1-2H3. The number of hydrogen-bond acceptors (Lipinski definition) is 6. The summed E-state index contributed by atoms with van der Waals surface area (Å²) >= 11 is 0. The molecule has 6 nitrogen and oxygen atoms in total. The summed E-state index contributed by atoms with van der Waals surface area (Å²) in [5, 5.41) is 2.21. The predicted octanol–water partition coefficient (Wildman–Crippen LogP) is 14.3. The van der Waals surface area contributed by atoms with E-state index in [2.05, 4.69) is 123 Å². The van der Waals surface area contributed by atoms with Crippen LogP contribution in [0, 0.1) is 0 Å². The van der Waals surface area contributed by atoms with Gasteiger partial charge in [0.25, 0.3) is 0 Å². The molecule has 0 amide bonds. The van der Waals surface area contributed by atoms with E-state index in [1.165, 1.54) is 16.7 Å². The molecule has 0 saturated heterocycles. The zero-order valence-corrected chi connectivity index (χ0v) is 32.8. The van der Waals surface area contributed by atoms with Gasteiger partial charge in [-0.1, -0.05) is 172 Å². The lowest BCUT2D eigenvalue weighted by atomic mass is 9.82. The van der Waals surface area contributed by atoms with Crippen molar-refractivity contribution < 1.29 is 13.9 Å². The molecule has 6 heteroatoms. The van der Waals surface area contributed by atoms with Crippen molar-refractivity contribution in [3.05, 3.63) is 187 Å². The van der Waals surface area contributed by atoms with Crippen LogP contribution in [0.4, 0.5) is 0 Å². The van der Waals surface area contributed by atoms with Gasteiger partial charge in [0.2, 0.25) is 0 Å². The van der Waals surface area contributed by atoms with E-state index < -0.39 is 0 Å². The van der Waals surface area contributed by atoms with Crippen LogP contribution >= 0.6 is 0 Å². The summed E-state index contributed by atoms with van der Waals surface area (Å²) in [4.78, 5) is 15.0. The fourth-order valence-corrected chi connectivity index (χ4v) is 9.00. The largest absolute Gasteiger partial charge is 0.455 e. The number of furan rings is 1. The Labute approximate surface area is 346 Å². The molecule has 1 aliphatic heterocycles. The SMILES string of the molecule is CC1(C)c2ccccc2-c2c1ccc1c2Oc2c(cccc2-c2ccc(-c3nc(-c4ccccc4)nc(-c4ccc(-c5cccc6c5oc5ccccc56)cc4)n3)cc2)O1. The third-order valence-electron chi connectivity index (χ3n) is 12.0. The van der Waals surface area contributed by atoms with E-state index >= 15 is 0 Å². The summed E-state index contributed by atoms with van der Waals surface area (Å²) in [7, 11) is 0. The molecule has 0 saturated carbocycles. The Bertz CT molecular complexity index is 3330. The Morgan fingerprint density at radius 1 is 0.383 bits per heavy atom. The van der Waals surface area contributed by atoms with Crippen molar-refractivity contribution in [2.45, 2.75) is 19.3 Å². The molecular weight excluding hydrogens is 739 g/mol. The molecule has 0 bridgehead atoms. The summed E-state index contributed by atoms with van der Waals surface area (Å²) in [6.45, 7) is 4.54. The second-order valence-electron chi connectivity index (χ2n) is 15.9. The molecule has 2 aromatic heterocycles. The fourth-order valence-electron chi connectivity index (χ4n) is 9.00. The normalized spacial score (nSPS) is 13.2. The van der Waals surface area contributed by atoms with E-state index in [1.807, 2.05) is 66.7 Å². The molecule has 8 aromatic carbocycles. The van der Waals surface area contributed by atoms with Gasteiger partial charge in [0.1, 0.15) is 11.2 Å². The third kappa shape index (κ3) is 5.31. The lowest BCUT2D eigenvalue weighted by molar-refractivity contribution is 0.361. The van der Waals surface area contributed by atoms with Gasteiger partial charge in [-0.3, -0.25) is 0 Å². The van der Waals surface area contributed by atoms with E-state index in [4.69, 9.17) is 28.8 Å². The molecule has 0 spiro atoms. The number of rotatable bonds is 5. The minimum atomic E-state index is -0.149. The van der Waals surface area contributed by atoms with Gasteiger partial charge in [0.15, 0.2) is 40.5 Å². The van der Waals surface area contributed by atoms with Crippen LogP contribution in [-0.4, -0.2) is 15.0 Å². The lowest BCUT2D eigenvalue weighted by Gasteiger charge is -2.26. The van der Waals surface area contributed by atoms with Crippen molar-refractivity contribution in [1.29, 1.82) is 0 Å². The number of benzene rings is 8. The molecule has 0 fully saturated rings. The van der Waals surface area contributed by atoms with Gasteiger partial charge in [-0.25, -0.2) is 15.0 Å². The van der Waals surface area contributed by atoms with Crippen LogP contribution in [0.1, 0.15) is 25.0 Å². The smallest absolute Gasteiger partial charge is 0.178 e.